The van der Waals surface area contributed by atoms with Crippen LogP contribution in [0.15, 0.2) is 60.7 Å². The highest BCUT2D eigenvalue weighted by molar-refractivity contribution is 5.88. The Balaban J connectivity index is 1.89. The summed E-state index contributed by atoms with van der Waals surface area (Å²) in [4.78, 5) is 0. The van der Waals surface area contributed by atoms with Crippen molar-refractivity contribution in [2.75, 3.05) is 0 Å². The topological polar surface area (TPSA) is 29.5 Å². The van der Waals surface area contributed by atoms with Crippen molar-refractivity contribution >= 4 is 10.8 Å². The summed E-state index contributed by atoms with van der Waals surface area (Å²) in [5, 5.41) is 13.8. The van der Waals surface area contributed by atoms with Gasteiger partial charge < -0.3 is 9.84 Å². The first kappa shape index (κ1) is 13.3. The maximum Gasteiger partial charge on any atom is 0.221 e. The molecule has 2 heterocycles. The summed E-state index contributed by atoms with van der Waals surface area (Å²) in [5.74, 6) is -1.34. The molecule has 0 saturated heterocycles. The van der Waals surface area contributed by atoms with Crippen LogP contribution in [0.1, 0.15) is 41.2 Å². The third-order valence-electron chi connectivity index (χ3n) is 5.25. The van der Waals surface area contributed by atoms with Gasteiger partial charge >= 0.3 is 0 Å². The van der Waals surface area contributed by atoms with Crippen LogP contribution in [-0.2, 0) is 16.9 Å². The fourth-order valence-corrected chi connectivity index (χ4v) is 4.22. The molecule has 0 radical (unpaired) electrons. The van der Waals surface area contributed by atoms with Gasteiger partial charge in [-0.1, -0.05) is 60.7 Å². The Morgan fingerprint density at radius 3 is 2.74 bits per heavy atom. The van der Waals surface area contributed by atoms with Crippen LogP contribution in [0.2, 0.25) is 0 Å². The Hall–Kier alpha value is -2.16. The summed E-state index contributed by atoms with van der Waals surface area (Å²) in [7, 11) is 0. The molecule has 0 saturated carbocycles. The first-order valence-electron chi connectivity index (χ1n) is 8.28. The molecule has 114 valence electrons. The van der Waals surface area contributed by atoms with Gasteiger partial charge in [0.1, 0.15) is 0 Å². The lowest BCUT2D eigenvalue weighted by Gasteiger charge is -2.29. The Morgan fingerprint density at radius 1 is 0.957 bits per heavy atom. The summed E-state index contributed by atoms with van der Waals surface area (Å²) in [6.45, 7) is 0. The average molecular weight is 302 g/mol. The molecule has 2 aliphatic heterocycles. The molecule has 0 amide bonds. The van der Waals surface area contributed by atoms with Gasteiger partial charge in [-0.15, -0.1) is 0 Å². The van der Waals surface area contributed by atoms with E-state index in [2.05, 4.69) is 30.3 Å². The predicted octanol–water partition coefficient (Wildman–Crippen LogP) is 4.44. The smallest absolute Gasteiger partial charge is 0.221 e. The number of aryl methyl sites for hydroxylation is 1. The van der Waals surface area contributed by atoms with Gasteiger partial charge in [-0.2, -0.15) is 0 Å². The van der Waals surface area contributed by atoms with E-state index in [4.69, 9.17) is 4.74 Å². The van der Waals surface area contributed by atoms with Gasteiger partial charge in [-0.3, -0.25) is 0 Å². The van der Waals surface area contributed by atoms with E-state index in [0.29, 0.717) is 0 Å². The fourth-order valence-electron chi connectivity index (χ4n) is 4.22. The van der Waals surface area contributed by atoms with Crippen molar-refractivity contribution < 1.29 is 9.84 Å². The van der Waals surface area contributed by atoms with Crippen LogP contribution in [0.25, 0.3) is 10.8 Å². The molecule has 3 aromatic rings. The number of ether oxygens (including phenoxy) is 1. The normalized spacial score (nSPS) is 25.5. The Morgan fingerprint density at radius 2 is 1.78 bits per heavy atom. The van der Waals surface area contributed by atoms with E-state index >= 15 is 0 Å². The quantitative estimate of drug-likeness (QED) is 0.665. The highest BCUT2D eigenvalue weighted by Gasteiger charge is 2.47. The zero-order valence-electron chi connectivity index (χ0n) is 12.8. The van der Waals surface area contributed by atoms with Gasteiger partial charge in [-0.05, 0) is 41.2 Å². The van der Waals surface area contributed by atoms with Crippen molar-refractivity contribution in [3.63, 3.8) is 0 Å². The monoisotopic (exact) mass is 302 g/mol. The van der Waals surface area contributed by atoms with E-state index in [1.54, 1.807) is 0 Å². The Bertz CT molecular complexity index is 915. The minimum atomic E-state index is -1.34. The summed E-state index contributed by atoms with van der Waals surface area (Å²) < 4.78 is 6.25. The van der Waals surface area contributed by atoms with Crippen LogP contribution in [0.5, 0.6) is 0 Å². The second-order valence-electron chi connectivity index (χ2n) is 6.55. The van der Waals surface area contributed by atoms with E-state index in [0.717, 1.165) is 46.7 Å². The molecule has 0 spiro atoms. The lowest BCUT2D eigenvalue weighted by Crippen LogP contribution is -2.29. The van der Waals surface area contributed by atoms with Crippen molar-refractivity contribution in [1.82, 2.24) is 0 Å². The van der Waals surface area contributed by atoms with Crippen LogP contribution in [0.3, 0.4) is 0 Å². The van der Waals surface area contributed by atoms with Gasteiger partial charge in [0.05, 0.1) is 6.10 Å². The molecule has 2 bridgehead atoms. The minimum absolute atomic E-state index is 0.0204. The van der Waals surface area contributed by atoms with Crippen LogP contribution >= 0.6 is 0 Å². The van der Waals surface area contributed by atoms with Gasteiger partial charge in [0.2, 0.25) is 5.79 Å². The molecule has 0 aromatic heterocycles. The first-order valence-corrected chi connectivity index (χ1v) is 8.28. The third kappa shape index (κ3) is 1.76. The molecule has 2 unspecified atom stereocenters. The summed E-state index contributed by atoms with van der Waals surface area (Å²) >= 11 is 0. The zero-order valence-corrected chi connectivity index (χ0v) is 12.8. The highest BCUT2D eigenvalue weighted by atomic mass is 16.6. The van der Waals surface area contributed by atoms with Crippen LogP contribution in [0.4, 0.5) is 0 Å². The van der Waals surface area contributed by atoms with E-state index < -0.39 is 5.79 Å². The fraction of sp³-hybridized carbons (Fsp3) is 0.238. The molecular formula is C21H18O2. The molecule has 5 rings (SSSR count). The molecule has 0 fully saturated rings. The lowest BCUT2D eigenvalue weighted by molar-refractivity contribution is -0.195. The van der Waals surface area contributed by atoms with Gasteiger partial charge in [0.15, 0.2) is 0 Å². The van der Waals surface area contributed by atoms with Crippen molar-refractivity contribution in [2.24, 2.45) is 0 Å². The number of benzene rings is 3. The number of rotatable bonds is 0. The maximum absolute atomic E-state index is 11.6. The summed E-state index contributed by atoms with van der Waals surface area (Å²) in [6, 6.07) is 20.7. The molecule has 2 atom stereocenters. The van der Waals surface area contributed by atoms with Crippen LogP contribution in [-0.4, -0.2) is 5.11 Å². The number of fused-ring (bicyclic) bond motifs is 9. The van der Waals surface area contributed by atoms with Crippen molar-refractivity contribution in [2.45, 2.75) is 31.2 Å². The minimum Gasteiger partial charge on any atom is -0.358 e. The van der Waals surface area contributed by atoms with E-state index in [-0.39, 0.29) is 6.10 Å². The van der Waals surface area contributed by atoms with E-state index in [9.17, 15) is 5.11 Å². The number of hydrogen-bond acceptors (Lipinski definition) is 2. The zero-order chi connectivity index (χ0) is 15.4. The molecular weight excluding hydrogens is 284 g/mol. The number of aliphatic hydroxyl groups is 1. The van der Waals surface area contributed by atoms with Crippen molar-refractivity contribution in [1.29, 1.82) is 0 Å². The van der Waals surface area contributed by atoms with Crippen LogP contribution in [0, 0.1) is 0 Å². The first-order chi connectivity index (χ1) is 11.3. The molecule has 2 nitrogen and oxygen atoms in total. The van der Waals surface area contributed by atoms with Crippen LogP contribution < -0.4 is 0 Å². The van der Waals surface area contributed by atoms with Gasteiger partial charge in [-0.25, -0.2) is 0 Å². The average Bonchev–Trinajstić information content (AvgIpc) is 2.89. The largest absolute Gasteiger partial charge is 0.358 e. The molecule has 1 N–H and O–H groups in total. The SMILES string of the molecule is OC12OC(CCCc3ccccc31)c1ccc3ccccc3c12. The molecule has 23 heavy (non-hydrogen) atoms. The van der Waals surface area contributed by atoms with Crippen molar-refractivity contribution in [3.8, 4) is 0 Å². The Labute approximate surface area is 135 Å². The third-order valence-corrected chi connectivity index (χ3v) is 5.25. The van der Waals surface area contributed by atoms with E-state index in [1.807, 2.05) is 30.3 Å². The van der Waals surface area contributed by atoms with Crippen molar-refractivity contribution in [3.05, 3.63) is 82.9 Å². The summed E-state index contributed by atoms with van der Waals surface area (Å²) in [6.07, 6.45) is 2.99. The lowest BCUT2D eigenvalue weighted by atomic mass is 9.88. The maximum atomic E-state index is 11.6. The molecule has 0 aliphatic carbocycles. The highest BCUT2D eigenvalue weighted by Crippen LogP contribution is 2.52. The second-order valence-corrected chi connectivity index (χ2v) is 6.55. The molecule has 2 aliphatic rings. The molecule has 3 aromatic carbocycles. The van der Waals surface area contributed by atoms with Gasteiger partial charge in [0, 0.05) is 11.1 Å². The molecule has 2 heteroatoms. The number of hydrogen-bond donors (Lipinski definition) is 1. The second kappa shape index (κ2) is 4.67. The summed E-state index contributed by atoms with van der Waals surface area (Å²) in [5.41, 5.74) is 4.17. The van der Waals surface area contributed by atoms with E-state index in [1.165, 1.54) is 5.56 Å². The predicted molar refractivity (Wildman–Crippen MR) is 90.2 cm³/mol. The Kier molecular flexibility index (Phi) is 2.70. The van der Waals surface area contributed by atoms with Gasteiger partial charge in [0.25, 0.3) is 0 Å². The standard InChI is InChI=1S/C21H18O2/c22-21-18-10-4-2-7-15(18)8-5-11-19(23-21)17-13-12-14-6-1-3-9-16(14)20(17)21/h1-4,6-7,9-10,12-13,19,22H,5,8,11H2.